The number of likely N-dealkylation sites (tertiary alicyclic amines) is 1. The molecule has 2 aromatic heterocycles. The normalized spacial score (nSPS) is 22.3. The summed E-state index contributed by atoms with van der Waals surface area (Å²) in [5, 5.41) is 8.46. The van der Waals surface area contributed by atoms with Crippen molar-refractivity contribution in [2.45, 2.75) is 65.0 Å². The van der Waals surface area contributed by atoms with E-state index in [0.29, 0.717) is 12.1 Å². The van der Waals surface area contributed by atoms with E-state index in [2.05, 4.69) is 37.1 Å². The average molecular weight is 358 g/mol. The van der Waals surface area contributed by atoms with Crippen LogP contribution in [0.25, 0.3) is 5.65 Å². The summed E-state index contributed by atoms with van der Waals surface area (Å²) in [5.74, 6) is 1.08. The number of aromatic nitrogens is 3. The topological polar surface area (TPSA) is 54.7 Å². The van der Waals surface area contributed by atoms with Gasteiger partial charge in [0.15, 0.2) is 5.65 Å². The van der Waals surface area contributed by atoms with Crippen LogP contribution < -0.4 is 5.32 Å². The molecule has 4 rings (SSSR count). The fraction of sp³-hybridized carbons (Fsp3) is 0.700. The predicted octanol–water partition coefficient (Wildman–Crippen LogP) is 2.96. The van der Waals surface area contributed by atoms with Crippen molar-refractivity contribution in [1.82, 2.24) is 19.5 Å². The van der Waals surface area contributed by atoms with Gasteiger partial charge in [0.1, 0.15) is 5.82 Å². The Balaban J connectivity index is 1.43. The zero-order valence-corrected chi connectivity index (χ0v) is 16.3. The van der Waals surface area contributed by atoms with Crippen LogP contribution in [0.5, 0.6) is 0 Å². The van der Waals surface area contributed by atoms with E-state index in [1.165, 1.54) is 18.4 Å². The van der Waals surface area contributed by atoms with Gasteiger partial charge in [0, 0.05) is 49.6 Å². The molecule has 1 N–H and O–H groups in total. The maximum absolute atomic E-state index is 5.79. The summed E-state index contributed by atoms with van der Waals surface area (Å²) < 4.78 is 7.78. The first-order valence-corrected chi connectivity index (χ1v) is 10.1. The van der Waals surface area contributed by atoms with Crippen molar-refractivity contribution in [3.8, 4) is 0 Å². The molecule has 0 radical (unpaired) electrons. The molecule has 2 fully saturated rings. The van der Waals surface area contributed by atoms with Gasteiger partial charge in [-0.3, -0.25) is 0 Å². The molecule has 0 amide bonds. The highest BCUT2D eigenvalue weighted by Crippen LogP contribution is 2.22. The lowest BCUT2D eigenvalue weighted by atomic mass is 10.0. The number of ether oxygens (including phenoxy) is 1. The second-order valence-corrected chi connectivity index (χ2v) is 7.79. The van der Waals surface area contributed by atoms with Gasteiger partial charge in [-0.05, 0) is 46.0 Å². The molecule has 2 aromatic rings. The third-order valence-corrected chi connectivity index (χ3v) is 5.90. The van der Waals surface area contributed by atoms with Crippen molar-refractivity contribution in [1.29, 1.82) is 0 Å². The van der Waals surface area contributed by atoms with E-state index in [1.807, 2.05) is 4.52 Å². The van der Waals surface area contributed by atoms with E-state index < -0.39 is 0 Å². The highest BCUT2D eigenvalue weighted by Gasteiger charge is 2.24. The fourth-order valence-electron chi connectivity index (χ4n) is 4.11. The number of rotatable bonds is 5. The summed E-state index contributed by atoms with van der Waals surface area (Å²) >= 11 is 0. The van der Waals surface area contributed by atoms with Crippen LogP contribution in [-0.2, 0) is 11.2 Å². The Morgan fingerprint density at radius 3 is 2.73 bits per heavy atom. The maximum atomic E-state index is 5.79. The lowest BCUT2D eigenvalue weighted by molar-refractivity contribution is 0.0654. The minimum atomic E-state index is 0.460. The molecule has 6 heteroatoms. The zero-order chi connectivity index (χ0) is 18.1. The molecule has 26 heavy (non-hydrogen) atoms. The Morgan fingerprint density at radius 1 is 1.23 bits per heavy atom. The fourth-order valence-corrected chi connectivity index (χ4v) is 4.11. The monoisotopic (exact) mass is 357 g/mol. The van der Waals surface area contributed by atoms with E-state index in [9.17, 15) is 0 Å². The van der Waals surface area contributed by atoms with Crippen molar-refractivity contribution in [2.75, 3.05) is 31.6 Å². The Bertz CT molecular complexity index is 757. The molecule has 1 atom stereocenters. The molecule has 0 spiro atoms. The summed E-state index contributed by atoms with van der Waals surface area (Å²) in [7, 11) is 0. The average Bonchev–Trinajstić information content (AvgIpc) is 3.26. The molecular weight excluding hydrogens is 326 g/mol. The Morgan fingerprint density at radius 2 is 2.04 bits per heavy atom. The number of hydrogen-bond acceptors (Lipinski definition) is 5. The van der Waals surface area contributed by atoms with E-state index in [-0.39, 0.29) is 0 Å². The van der Waals surface area contributed by atoms with E-state index in [1.54, 1.807) is 0 Å². The first-order chi connectivity index (χ1) is 12.6. The number of anilines is 1. The van der Waals surface area contributed by atoms with Gasteiger partial charge in [-0.1, -0.05) is 6.92 Å². The molecule has 0 aromatic carbocycles. The molecule has 0 saturated carbocycles. The maximum Gasteiger partial charge on any atom is 0.160 e. The first-order valence-electron chi connectivity index (χ1n) is 10.1. The van der Waals surface area contributed by atoms with Gasteiger partial charge in [-0.15, -0.1) is 0 Å². The van der Waals surface area contributed by atoms with Gasteiger partial charge in [0.25, 0.3) is 0 Å². The van der Waals surface area contributed by atoms with Crippen LogP contribution in [0.3, 0.4) is 0 Å². The number of aryl methyl sites for hydroxylation is 3. The van der Waals surface area contributed by atoms with Gasteiger partial charge in [0.05, 0.1) is 11.8 Å². The van der Waals surface area contributed by atoms with E-state index >= 15 is 0 Å². The summed E-state index contributed by atoms with van der Waals surface area (Å²) in [5.41, 5.74) is 4.34. The minimum absolute atomic E-state index is 0.460. The van der Waals surface area contributed by atoms with Crippen molar-refractivity contribution in [2.24, 2.45) is 0 Å². The van der Waals surface area contributed by atoms with E-state index in [4.69, 9.17) is 14.8 Å². The standard InChI is InChI=1S/C20H31N5O/c1-4-16-12-19(25-20(22-16)14(2)15(3)23-25)21-17-7-9-24(10-8-17)13-18-6-5-11-26-18/h12,17-18,21H,4-11,13H2,1-3H3. The van der Waals surface area contributed by atoms with Crippen LogP contribution >= 0.6 is 0 Å². The van der Waals surface area contributed by atoms with Gasteiger partial charge in [0.2, 0.25) is 0 Å². The number of nitrogens with zero attached hydrogens (tertiary/aromatic N) is 4. The van der Waals surface area contributed by atoms with Crippen LogP contribution in [0.4, 0.5) is 5.82 Å². The van der Waals surface area contributed by atoms with Crippen molar-refractivity contribution >= 4 is 11.5 Å². The summed E-state index contributed by atoms with van der Waals surface area (Å²) in [6, 6.07) is 2.66. The highest BCUT2D eigenvalue weighted by atomic mass is 16.5. The van der Waals surface area contributed by atoms with Crippen LogP contribution in [0, 0.1) is 13.8 Å². The van der Waals surface area contributed by atoms with Gasteiger partial charge in [-0.25, -0.2) is 4.98 Å². The molecule has 2 aliphatic heterocycles. The zero-order valence-electron chi connectivity index (χ0n) is 16.3. The lowest BCUT2D eigenvalue weighted by Gasteiger charge is -2.34. The second kappa shape index (κ2) is 7.53. The Kier molecular flexibility index (Phi) is 5.14. The van der Waals surface area contributed by atoms with Crippen LogP contribution in [0.1, 0.15) is 49.6 Å². The third kappa shape index (κ3) is 3.58. The number of fused-ring (bicyclic) bond motifs is 1. The smallest absolute Gasteiger partial charge is 0.160 e. The minimum Gasteiger partial charge on any atom is -0.377 e. The van der Waals surface area contributed by atoms with Crippen LogP contribution in [0.2, 0.25) is 0 Å². The number of piperidine rings is 1. The van der Waals surface area contributed by atoms with Crippen LogP contribution in [-0.4, -0.2) is 57.9 Å². The third-order valence-electron chi connectivity index (χ3n) is 5.90. The molecule has 142 valence electrons. The number of nitrogens with one attached hydrogen (secondary N) is 1. The summed E-state index contributed by atoms with van der Waals surface area (Å²) in [4.78, 5) is 7.34. The lowest BCUT2D eigenvalue weighted by Crippen LogP contribution is -2.42. The summed E-state index contributed by atoms with van der Waals surface area (Å²) in [6.45, 7) is 10.7. The van der Waals surface area contributed by atoms with E-state index in [0.717, 1.165) is 68.4 Å². The molecule has 2 aliphatic rings. The Labute approximate surface area is 155 Å². The van der Waals surface area contributed by atoms with Gasteiger partial charge in [-0.2, -0.15) is 9.61 Å². The molecule has 0 bridgehead atoms. The highest BCUT2D eigenvalue weighted by molar-refractivity contribution is 5.56. The summed E-state index contributed by atoms with van der Waals surface area (Å²) in [6.07, 6.45) is 6.18. The van der Waals surface area contributed by atoms with Gasteiger partial charge < -0.3 is 15.0 Å². The number of hydrogen-bond donors (Lipinski definition) is 1. The van der Waals surface area contributed by atoms with Gasteiger partial charge >= 0.3 is 0 Å². The molecule has 6 nitrogen and oxygen atoms in total. The molecular formula is C20H31N5O. The molecule has 4 heterocycles. The van der Waals surface area contributed by atoms with Crippen molar-refractivity contribution < 1.29 is 4.74 Å². The second-order valence-electron chi connectivity index (χ2n) is 7.79. The SMILES string of the molecule is CCc1cc(NC2CCN(CC3CCCO3)CC2)n2nc(C)c(C)c2n1. The molecule has 1 unspecified atom stereocenters. The molecule has 2 saturated heterocycles. The predicted molar refractivity (Wildman–Crippen MR) is 104 cm³/mol. The van der Waals surface area contributed by atoms with Crippen molar-refractivity contribution in [3.05, 3.63) is 23.0 Å². The quantitative estimate of drug-likeness (QED) is 0.892. The largest absolute Gasteiger partial charge is 0.377 e. The molecule has 0 aliphatic carbocycles. The Hall–Kier alpha value is -1.66. The first kappa shape index (κ1) is 17.7. The van der Waals surface area contributed by atoms with Crippen LogP contribution in [0.15, 0.2) is 6.07 Å². The van der Waals surface area contributed by atoms with Crippen molar-refractivity contribution in [3.63, 3.8) is 0 Å².